The third-order valence-corrected chi connectivity index (χ3v) is 7.28. The van der Waals surface area contributed by atoms with E-state index in [1.54, 1.807) is 27.7 Å². The summed E-state index contributed by atoms with van der Waals surface area (Å²) in [5.41, 5.74) is -3.38. The maximum atomic E-state index is 15.4. The first-order valence-corrected chi connectivity index (χ1v) is 14.2. The number of carbonyl (C=O) groups excluding carboxylic acids is 2. The molecule has 1 aliphatic heterocycles. The highest BCUT2D eigenvalue weighted by Gasteiger charge is 2.63. The summed E-state index contributed by atoms with van der Waals surface area (Å²) in [5.74, 6) is -0.483. The van der Waals surface area contributed by atoms with Crippen molar-refractivity contribution < 1.29 is 60.9 Å². The number of nitrogens with zero attached hydrogens (tertiary/aromatic N) is 1. The van der Waals surface area contributed by atoms with Gasteiger partial charge in [-0.3, -0.25) is 18.9 Å². The molecule has 4 atom stereocenters. The Morgan fingerprint density at radius 1 is 1.10 bits per heavy atom. The number of hydrogen-bond acceptors (Lipinski definition) is 14. The van der Waals surface area contributed by atoms with Crippen molar-refractivity contribution >= 4 is 20.1 Å². The van der Waals surface area contributed by atoms with E-state index < -0.39 is 93.8 Å². The molecule has 1 aliphatic carbocycles. The van der Waals surface area contributed by atoms with Crippen LogP contribution < -0.4 is 11.2 Å². The van der Waals surface area contributed by atoms with Crippen molar-refractivity contribution in [3.05, 3.63) is 32.6 Å². The Morgan fingerprint density at radius 3 is 2.12 bits per heavy atom. The lowest BCUT2D eigenvalue weighted by Crippen LogP contribution is -2.48. The van der Waals surface area contributed by atoms with Crippen molar-refractivity contribution in [1.29, 1.82) is 0 Å². The first-order chi connectivity index (χ1) is 19.2. The van der Waals surface area contributed by atoms with E-state index in [0.717, 1.165) is 10.8 Å². The van der Waals surface area contributed by atoms with Gasteiger partial charge in [-0.2, -0.15) is 0 Å². The molecule has 18 heteroatoms. The quantitative estimate of drug-likeness (QED) is 0.187. The zero-order valence-corrected chi connectivity index (χ0v) is 24.0. The number of aliphatic hydroxyl groups is 1. The smallest absolute Gasteiger partial charge is 0.432 e. The Labute approximate surface area is 233 Å². The first kappa shape index (κ1) is 32.7. The van der Waals surface area contributed by atoms with Gasteiger partial charge in [0.25, 0.3) is 5.56 Å². The number of aliphatic hydroxyl groups excluding tert-OH is 1. The Hall–Kier alpha value is -2.82. The van der Waals surface area contributed by atoms with Gasteiger partial charge in [0.1, 0.15) is 11.7 Å². The monoisotopic (exact) mass is 612 g/mol. The molecule has 232 valence electrons. The average molecular weight is 612 g/mol. The second kappa shape index (κ2) is 13.4. The number of ether oxygens (including phenoxy) is 5. The highest BCUT2D eigenvalue weighted by atomic mass is 31.2. The lowest BCUT2D eigenvalue weighted by molar-refractivity contribution is -0.143. The number of aromatic amines is 1. The fourth-order valence-electron chi connectivity index (χ4n) is 3.94. The van der Waals surface area contributed by atoms with Gasteiger partial charge in [0.15, 0.2) is 12.4 Å². The zero-order chi connectivity index (χ0) is 30.5. The van der Waals surface area contributed by atoms with Crippen molar-refractivity contribution in [2.24, 2.45) is 5.92 Å². The number of hydrogen-bond donors (Lipinski definition) is 2. The predicted octanol–water partition coefficient (Wildman–Crippen LogP) is 2.42. The molecule has 1 saturated heterocycles. The molecule has 3 rings (SSSR count). The minimum absolute atomic E-state index is 0.0911. The fourth-order valence-corrected chi connectivity index (χ4v) is 4.89. The van der Waals surface area contributed by atoms with Crippen molar-refractivity contribution in [3.63, 3.8) is 0 Å². The number of aryl methyl sites for hydroxylation is 1. The third kappa shape index (κ3) is 8.36. The lowest BCUT2D eigenvalue weighted by atomic mass is 9.91. The van der Waals surface area contributed by atoms with Crippen LogP contribution in [-0.2, 0) is 41.8 Å². The SMILES string of the molecule is Cc1cn([C@@H]2O[C@@](COP(=O)(OCOC(=O)OC(C)C)OCOC(=O)OC(C)C)(C3CC3)[C@@H](O)[C@@H]2F)c(=O)[nH]c1=O. The Balaban J connectivity index is 1.77. The number of rotatable bonds is 13. The van der Waals surface area contributed by atoms with Crippen LogP contribution in [0, 0.1) is 12.8 Å². The first-order valence-electron chi connectivity index (χ1n) is 12.7. The summed E-state index contributed by atoms with van der Waals surface area (Å²) in [7, 11) is -4.76. The second-order valence-corrected chi connectivity index (χ2v) is 11.6. The second-order valence-electron chi connectivity index (χ2n) is 9.94. The van der Waals surface area contributed by atoms with Crippen LogP contribution in [0.1, 0.15) is 52.3 Å². The van der Waals surface area contributed by atoms with Gasteiger partial charge in [0.2, 0.25) is 13.6 Å². The van der Waals surface area contributed by atoms with Crippen molar-refractivity contribution in [2.45, 2.75) is 83.8 Å². The van der Waals surface area contributed by atoms with Gasteiger partial charge in [0.05, 0.1) is 18.8 Å². The van der Waals surface area contributed by atoms with E-state index >= 15 is 4.39 Å². The van der Waals surface area contributed by atoms with E-state index in [1.807, 2.05) is 4.98 Å². The minimum Gasteiger partial charge on any atom is -0.432 e. The van der Waals surface area contributed by atoms with Crippen LogP contribution in [0.2, 0.25) is 0 Å². The normalized spacial score (nSPS) is 24.5. The van der Waals surface area contributed by atoms with Crippen molar-refractivity contribution in [2.75, 3.05) is 20.2 Å². The molecule has 1 saturated carbocycles. The zero-order valence-electron chi connectivity index (χ0n) is 23.1. The average Bonchev–Trinajstić information content (AvgIpc) is 3.68. The molecular weight excluding hydrogens is 578 g/mol. The molecule has 41 heavy (non-hydrogen) atoms. The van der Waals surface area contributed by atoms with Crippen LogP contribution in [0.4, 0.5) is 14.0 Å². The molecule has 0 radical (unpaired) electrons. The number of carbonyl (C=O) groups is 2. The molecule has 0 spiro atoms. The number of H-pyrrole nitrogens is 1. The minimum atomic E-state index is -4.76. The van der Waals surface area contributed by atoms with E-state index in [4.69, 9.17) is 27.8 Å². The molecule has 1 aromatic rings. The van der Waals surface area contributed by atoms with Gasteiger partial charge in [-0.15, -0.1) is 0 Å². The molecule has 2 fully saturated rings. The molecule has 0 aromatic carbocycles. The summed E-state index contributed by atoms with van der Waals surface area (Å²) in [6.07, 6.45) is -7.03. The van der Waals surface area contributed by atoms with Crippen LogP contribution >= 0.6 is 7.82 Å². The number of halogens is 1. The topological polar surface area (TPSA) is 200 Å². The Morgan fingerprint density at radius 2 is 1.63 bits per heavy atom. The van der Waals surface area contributed by atoms with Crippen LogP contribution in [0.5, 0.6) is 0 Å². The maximum Gasteiger partial charge on any atom is 0.510 e. The number of nitrogens with one attached hydrogen (secondary N) is 1. The molecule has 2 N–H and O–H groups in total. The largest absolute Gasteiger partial charge is 0.510 e. The maximum absolute atomic E-state index is 15.4. The number of alkyl halides is 1. The number of phosphoric acid groups is 1. The van der Waals surface area contributed by atoms with Crippen LogP contribution in [0.3, 0.4) is 0 Å². The van der Waals surface area contributed by atoms with E-state index in [2.05, 4.69) is 9.47 Å². The Bertz CT molecular complexity index is 1220. The molecule has 1 aromatic heterocycles. The number of aromatic nitrogens is 2. The molecule has 0 amide bonds. The van der Waals surface area contributed by atoms with Gasteiger partial charge < -0.3 is 28.8 Å². The van der Waals surface area contributed by atoms with Gasteiger partial charge in [-0.25, -0.2) is 32.4 Å². The van der Waals surface area contributed by atoms with Gasteiger partial charge in [-0.05, 0) is 53.4 Å². The van der Waals surface area contributed by atoms with Gasteiger partial charge in [0, 0.05) is 11.8 Å². The van der Waals surface area contributed by atoms with Crippen molar-refractivity contribution in [3.8, 4) is 0 Å². The van der Waals surface area contributed by atoms with Crippen LogP contribution in [-0.4, -0.2) is 77.2 Å². The number of phosphoric ester groups is 1. The summed E-state index contributed by atoms with van der Waals surface area (Å²) in [6, 6.07) is 0. The van der Waals surface area contributed by atoms with E-state index in [0.29, 0.717) is 12.8 Å². The third-order valence-electron chi connectivity index (χ3n) is 5.99. The van der Waals surface area contributed by atoms with Gasteiger partial charge >= 0.3 is 25.8 Å². The molecular formula is C23H34FN2O14P. The standard InChI is InChI=1S/C23H34FN2O14P/c1-12(2)38-21(30)33-10-36-41(32,37-11-34-22(31)39-13(3)4)35-9-23(15-6-7-15)17(27)16(24)19(40-23)26-8-14(5)18(28)25-20(26)29/h8,12-13,15-17,19,27H,6-7,9-11H2,1-5H3,(H,25,28,29)/t16-,17-,19+,23-/m0/s1. The summed E-state index contributed by atoms with van der Waals surface area (Å²) >= 11 is 0. The van der Waals surface area contributed by atoms with E-state index in [-0.39, 0.29) is 5.56 Å². The highest BCUT2D eigenvalue weighted by molar-refractivity contribution is 7.48. The molecule has 16 nitrogen and oxygen atoms in total. The lowest BCUT2D eigenvalue weighted by Gasteiger charge is -2.32. The highest BCUT2D eigenvalue weighted by Crippen LogP contribution is 2.56. The Kier molecular flexibility index (Phi) is 10.7. The van der Waals surface area contributed by atoms with Crippen LogP contribution in [0.15, 0.2) is 15.8 Å². The molecule has 2 aliphatic rings. The van der Waals surface area contributed by atoms with Gasteiger partial charge in [-0.1, -0.05) is 0 Å². The van der Waals surface area contributed by atoms with E-state index in [1.165, 1.54) is 6.92 Å². The summed E-state index contributed by atoms with van der Waals surface area (Å²) < 4.78 is 69.7. The van der Waals surface area contributed by atoms with Crippen molar-refractivity contribution in [1.82, 2.24) is 9.55 Å². The van der Waals surface area contributed by atoms with Crippen LogP contribution in [0.25, 0.3) is 0 Å². The summed E-state index contributed by atoms with van der Waals surface area (Å²) in [4.78, 5) is 49.5. The molecule has 0 bridgehead atoms. The van der Waals surface area contributed by atoms with E-state index in [9.17, 15) is 28.8 Å². The summed E-state index contributed by atoms with van der Waals surface area (Å²) in [5, 5.41) is 10.9. The molecule has 2 heterocycles. The summed E-state index contributed by atoms with van der Waals surface area (Å²) in [6.45, 7) is 4.88. The molecule has 0 unspecified atom stereocenters. The predicted molar refractivity (Wildman–Crippen MR) is 133 cm³/mol. The fraction of sp³-hybridized carbons (Fsp3) is 0.739.